The standard InChI is InChI=1S/C15H23N5S/c16-9-10-5-7-12(8-6-10)14-19-20-13(11-3-1-2-4-11)17-18-15(20)21-14/h10-12H,1-9,16H2. The molecule has 2 heterocycles. The van der Waals surface area contributed by atoms with Crippen molar-refractivity contribution >= 4 is 16.3 Å². The highest BCUT2D eigenvalue weighted by Crippen LogP contribution is 2.38. The molecule has 2 aliphatic carbocycles. The van der Waals surface area contributed by atoms with Crippen LogP contribution in [0.3, 0.4) is 0 Å². The summed E-state index contributed by atoms with van der Waals surface area (Å²) in [6, 6.07) is 0. The minimum Gasteiger partial charge on any atom is -0.330 e. The third-order valence-electron chi connectivity index (χ3n) is 5.28. The molecule has 0 saturated heterocycles. The predicted molar refractivity (Wildman–Crippen MR) is 83.6 cm³/mol. The van der Waals surface area contributed by atoms with Gasteiger partial charge in [-0.15, -0.1) is 10.2 Å². The zero-order valence-electron chi connectivity index (χ0n) is 12.4. The second kappa shape index (κ2) is 5.65. The highest BCUT2D eigenvalue weighted by molar-refractivity contribution is 7.16. The molecule has 2 fully saturated rings. The van der Waals surface area contributed by atoms with Crippen LogP contribution in [-0.2, 0) is 0 Å². The van der Waals surface area contributed by atoms with Crippen molar-refractivity contribution in [3.8, 4) is 0 Å². The van der Waals surface area contributed by atoms with Crippen LogP contribution in [0.15, 0.2) is 0 Å². The van der Waals surface area contributed by atoms with Crippen LogP contribution < -0.4 is 5.73 Å². The van der Waals surface area contributed by atoms with Gasteiger partial charge in [-0.3, -0.25) is 0 Å². The number of aromatic nitrogens is 4. The molecule has 2 aromatic rings. The van der Waals surface area contributed by atoms with Crippen molar-refractivity contribution in [2.75, 3.05) is 6.54 Å². The van der Waals surface area contributed by atoms with Crippen LogP contribution in [0.1, 0.15) is 74.0 Å². The van der Waals surface area contributed by atoms with Gasteiger partial charge in [-0.2, -0.15) is 9.61 Å². The first-order chi connectivity index (χ1) is 10.3. The third-order valence-corrected chi connectivity index (χ3v) is 6.34. The second-order valence-electron chi connectivity index (χ2n) is 6.63. The van der Waals surface area contributed by atoms with Gasteiger partial charge in [0.25, 0.3) is 0 Å². The first-order valence-electron chi connectivity index (χ1n) is 8.27. The van der Waals surface area contributed by atoms with E-state index in [1.807, 2.05) is 4.52 Å². The van der Waals surface area contributed by atoms with Gasteiger partial charge in [-0.05, 0) is 51.0 Å². The van der Waals surface area contributed by atoms with Gasteiger partial charge in [-0.25, -0.2) is 0 Å². The Morgan fingerprint density at radius 3 is 2.48 bits per heavy atom. The van der Waals surface area contributed by atoms with Crippen molar-refractivity contribution in [3.63, 3.8) is 0 Å². The normalized spacial score (nSPS) is 27.7. The molecule has 2 N–H and O–H groups in total. The van der Waals surface area contributed by atoms with Crippen molar-refractivity contribution in [1.29, 1.82) is 0 Å². The van der Waals surface area contributed by atoms with Crippen LogP contribution in [0.5, 0.6) is 0 Å². The largest absolute Gasteiger partial charge is 0.330 e. The smallest absolute Gasteiger partial charge is 0.234 e. The van der Waals surface area contributed by atoms with Gasteiger partial charge in [0.05, 0.1) is 0 Å². The van der Waals surface area contributed by atoms with Crippen molar-refractivity contribution in [3.05, 3.63) is 10.8 Å². The summed E-state index contributed by atoms with van der Waals surface area (Å²) >= 11 is 1.74. The van der Waals surface area contributed by atoms with Crippen LogP contribution in [0.2, 0.25) is 0 Å². The topological polar surface area (TPSA) is 69.1 Å². The first kappa shape index (κ1) is 13.6. The third kappa shape index (κ3) is 2.48. The lowest BCUT2D eigenvalue weighted by molar-refractivity contribution is 0.331. The molecule has 0 aromatic carbocycles. The summed E-state index contributed by atoms with van der Waals surface area (Å²) in [5.41, 5.74) is 5.79. The van der Waals surface area contributed by atoms with Crippen LogP contribution in [-0.4, -0.2) is 26.4 Å². The van der Waals surface area contributed by atoms with E-state index in [-0.39, 0.29) is 0 Å². The van der Waals surface area contributed by atoms with Gasteiger partial charge >= 0.3 is 0 Å². The molecular weight excluding hydrogens is 282 g/mol. The average Bonchev–Trinajstić information content (AvgIpc) is 3.23. The van der Waals surface area contributed by atoms with E-state index >= 15 is 0 Å². The molecule has 2 aliphatic rings. The van der Waals surface area contributed by atoms with Gasteiger partial charge in [0.15, 0.2) is 5.82 Å². The molecule has 2 saturated carbocycles. The second-order valence-corrected chi connectivity index (χ2v) is 7.62. The van der Waals surface area contributed by atoms with Gasteiger partial charge in [0.2, 0.25) is 4.96 Å². The van der Waals surface area contributed by atoms with Gasteiger partial charge in [-0.1, -0.05) is 24.2 Å². The summed E-state index contributed by atoms with van der Waals surface area (Å²) in [5, 5.41) is 14.9. The number of hydrogen-bond acceptors (Lipinski definition) is 5. The molecule has 2 aromatic heterocycles. The minimum absolute atomic E-state index is 0.572. The molecule has 0 unspecified atom stereocenters. The lowest BCUT2D eigenvalue weighted by atomic mass is 9.82. The SMILES string of the molecule is NCC1CCC(c2nn3c(C4CCCC4)nnc3s2)CC1. The summed E-state index contributed by atoms with van der Waals surface area (Å²) in [6.45, 7) is 0.837. The molecule has 0 bridgehead atoms. The fraction of sp³-hybridized carbons (Fsp3) is 0.800. The summed E-state index contributed by atoms with van der Waals surface area (Å²) in [4.78, 5) is 0.979. The molecule has 0 radical (unpaired) electrons. The van der Waals surface area contributed by atoms with Crippen LogP contribution >= 0.6 is 11.3 Å². The van der Waals surface area contributed by atoms with E-state index in [4.69, 9.17) is 10.8 Å². The van der Waals surface area contributed by atoms with Gasteiger partial charge in [0, 0.05) is 11.8 Å². The van der Waals surface area contributed by atoms with Crippen molar-refractivity contribution in [2.24, 2.45) is 11.7 Å². The maximum Gasteiger partial charge on any atom is 0.234 e. The lowest BCUT2D eigenvalue weighted by Gasteiger charge is -2.25. The Kier molecular flexibility index (Phi) is 3.67. The maximum atomic E-state index is 5.79. The van der Waals surface area contributed by atoms with E-state index in [2.05, 4.69) is 10.2 Å². The van der Waals surface area contributed by atoms with Crippen molar-refractivity contribution in [2.45, 2.75) is 63.2 Å². The van der Waals surface area contributed by atoms with E-state index in [0.717, 1.165) is 23.2 Å². The molecule has 0 atom stereocenters. The summed E-state index contributed by atoms with van der Waals surface area (Å²) in [5.74, 6) is 3.00. The minimum atomic E-state index is 0.572. The monoisotopic (exact) mass is 305 g/mol. The first-order valence-corrected chi connectivity index (χ1v) is 9.09. The summed E-state index contributed by atoms with van der Waals surface area (Å²) in [6.07, 6.45) is 10.1. The molecule has 0 spiro atoms. The van der Waals surface area contributed by atoms with Crippen LogP contribution in [0, 0.1) is 5.92 Å². The highest BCUT2D eigenvalue weighted by atomic mass is 32.1. The summed E-state index contributed by atoms with van der Waals surface area (Å²) in [7, 11) is 0. The molecule has 5 nitrogen and oxygen atoms in total. The highest BCUT2D eigenvalue weighted by Gasteiger charge is 2.27. The van der Waals surface area contributed by atoms with Crippen molar-refractivity contribution in [1.82, 2.24) is 19.8 Å². The molecule has 0 amide bonds. The van der Waals surface area contributed by atoms with E-state index in [1.165, 1.54) is 56.4 Å². The Morgan fingerprint density at radius 1 is 1.00 bits per heavy atom. The molecule has 6 heteroatoms. The average molecular weight is 305 g/mol. The predicted octanol–water partition coefficient (Wildman–Crippen LogP) is 3.08. The molecular formula is C15H23N5S. The van der Waals surface area contributed by atoms with Crippen LogP contribution in [0.4, 0.5) is 0 Å². The quantitative estimate of drug-likeness (QED) is 0.946. The van der Waals surface area contributed by atoms with Gasteiger partial charge < -0.3 is 5.73 Å². The number of nitrogens with two attached hydrogens (primary N) is 1. The fourth-order valence-electron chi connectivity index (χ4n) is 3.90. The molecule has 114 valence electrons. The van der Waals surface area contributed by atoms with E-state index in [0.29, 0.717) is 11.8 Å². The number of hydrogen-bond donors (Lipinski definition) is 1. The Balaban J connectivity index is 1.57. The Morgan fingerprint density at radius 2 is 1.76 bits per heavy atom. The lowest BCUT2D eigenvalue weighted by Crippen LogP contribution is -2.20. The van der Waals surface area contributed by atoms with E-state index in [1.54, 1.807) is 11.3 Å². The Labute approximate surface area is 128 Å². The Hall–Kier alpha value is -1.01. The Bertz CT molecular complexity index is 605. The summed E-state index contributed by atoms with van der Waals surface area (Å²) < 4.78 is 2.03. The number of fused-ring (bicyclic) bond motifs is 1. The fourth-order valence-corrected chi connectivity index (χ4v) is 4.91. The van der Waals surface area contributed by atoms with Gasteiger partial charge in [0.1, 0.15) is 5.01 Å². The maximum absolute atomic E-state index is 5.79. The zero-order valence-corrected chi connectivity index (χ0v) is 13.2. The zero-order chi connectivity index (χ0) is 14.2. The number of rotatable bonds is 3. The molecule has 0 aliphatic heterocycles. The van der Waals surface area contributed by atoms with E-state index in [9.17, 15) is 0 Å². The van der Waals surface area contributed by atoms with E-state index < -0.39 is 0 Å². The molecule has 4 rings (SSSR count). The van der Waals surface area contributed by atoms with Crippen LogP contribution in [0.25, 0.3) is 4.96 Å². The van der Waals surface area contributed by atoms with Crippen molar-refractivity contribution < 1.29 is 0 Å². The number of nitrogens with zero attached hydrogens (tertiary/aromatic N) is 4. The molecule has 21 heavy (non-hydrogen) atoms.